The highest BCUT2D eigenvalue weighted by molar-refractivity contribution is 7.99. The van der Waals surface area contributed by atoms with Crippen LogP contribution in [-0.4, -0.2) is 12.4 Å². The number of hydrogen-bond donors (Lipinski definition) is 1. The van der Waals surface area contributed by atoms with Crippen LogP contribution in [0.4, 0.5) is 5.69 Å². The molecule has 104 valence electrons. The Balaban J connectivity index is 1.74. The second kappa shape index (κ2) is 5.41. The van der Waals surface area contributed by atoms with Crippen LogP contribution in [0.1, 0.15) is 22.6 Å². The summed E-state index contributed by atoms with van der Waals surface area (Å²) in [7, 11) is 0. The molecule has 0 saturated carbocycles. The number of hydrogen-bond acceptors (Lipinski definition) is 3. The minimum absolute atomic E-state index is 0.470. The predicted molar refractivity (Wildman–Crippen MR) is 85.7 cm³/mol. The van der Waals surface area contributed by atoms with E-state index in [0.29, 0.717) is 12.5 Å². The lowest BCUT2D eigenvalue weighted by molar-refractivity contribution is 0.296. The van der Waals surface area contributed by atoms with Gasteiger partial charge in [0.25, 0.3) is 0 Å². The first-order valence-corrected chi connectivity index (χ1v) is 7.85. The molecular weight excluding hydrogens is 266 g/mol. The smallest absolute Gasteiger partial charge is 0.124 e. The van der Waals surface area contributed by atoms with Crippen molar-refractivity contribution in [1.29, 1.82) is 0 Å². The van der Waals surface area contributed by atoms with Gasteiger partial charge in [-0.2, -0.15) is 0 Å². The van der Waals surface area contributed by atoms with Crippen LogP contribution in [0.3, 0.4) is 0 Å². The summed E-state index contributed by atoms with van der Waals surface area (Å²) in [5.74, 6) is 2.47. The molecule has 0 aliphatic carbocycles. The Kier molecular flexibility index (Phi) is 3.62. The molecule has 2 aromatic rings. The van der Waals surface area contributed by atoms with Gasteiger partial charge in [0.2, 0.25) is 0 Å². The van der Waals surface area contributed by atoms with E-state index >= 15 is 0 Å². The zero-order valence-electron chi connectivity index (χ0n) is 11.8. The van der Waals surface area contributed by atoms with Gasteiger partial charge in [0.05, 0.1) is 6.61 Å². The number of ether oxygens (including phenoxy) is 1. The van der Waals surface area contributed by atoms with Gasteiger partial charge < -0.3 is 10.5 Å². The average Bonchev–Trinajstić information content (AvgIpc) is 2.85. The third-order valence-electron chi connectivity index (χ3n) is 3.80. The van der Waals surface area contributed by atoms with Crippen molar-refractivity contribution in [3.05, 3.63) is 53.1 Å². The Hall–Kier alpha value is -1.61. The maximum absolute atomic E-state index is 6.02. The molecule has 1 atom stereocenters. The summed E-state index contributed by atoms with van der Waals surface area (Å²) in [6.45, 7) is 4.81. The van der Waals surface area contributed by atoms with Gasteiger partial charge in [-0.25, -0.2) is 0 Å². The molecule has 0 bridgehead atoms. The van der Waals surface area contributed by atoms with Crippen molar-refractivity contribution in [3.8, 4) is 5.75 Å². The SMILES string of the molecule is Cc1cc(C)c(OCC2CSc3ccccc32)cc1N. The molecule has 20 heavy (non-hydrogen) atoms. The molecule has 2 nitrogen and oxygen atoms in total. The van der Waals surface area contributed by atoms with E-state index in [-0.39, 0.29) is 0 Å². The number of anilines is 1. The number of rotatable bonds is 3. The largest absolute Gasteiger partial charge is 0.493 e. The molecule has 1 unspecified atom stereocenters. The van der Waals surface area contributed by atoms with Crippen LogP contribution in [0.25, 0.3) is 0 Å². The summed E-state index contributed by atoms with van der Waals surface area (Å²) in [4.78, 5) is 1.39. The third-order valence-corrected chi connectivity index (χ3v) is 5.05. The lowest BCUT2D eigenvalue weighted by Crippen LogP contribution is -2.10. The monoisotopic (exact) mass is 285 g/mol. The van der Waals surface area contributed by atoms with Crippen LogP contribution >= 0.6 is 11.8 Å². The zero-order valence-corrected chi connectivity index (χ0v) is 12.7. The van der Waals surface area contributed by atoms with Crippen molar-refractivity contribution < 1.29 is 4.74 Å². The van der Waals surface area contributed by atoms with Crippen molar-refractivity contribution in [2.75, 3.05) is 18.1 Å². The molecule has 2 aromatic carbocycles. The fraction of sp³-hybridized carbons (Fsp3) is 0.294. The summed E-state index contributed by atoms with van der Waals surface area (Å²) in [6, 6.07) is 12.6. The van der Waals surface area contributed by atoms with Crippen molar-refractivity contribution in [3.63, 3.8) is 0 Å². The number of nitrogens with two attached hydrogens (primary N) is 1. The summed E-state index contributed by atoms with van der Waals surface area (Å²) < 4.78 is 6.02. The highest BCUT2D eigenvalue weighted by Gasteiger charge is 2.23. The summed E-state index contributed by atoms with van der Waals surface area (Å²) in [5, 5.41) is 0. The lowest BCUT2D eigenvalue weighted by Gasteiger charge is -2.15. The molecule has 0 amide bonds. The van der Waals surface area contributed by atoms with Crippen LogP contribution in [0.15, 0.2) is 41.3 Å². The highest BCUT2D eigenvalue weighted by atomic mass is 32.2. The molecule has 1 heterocycles. The van der Waals surface area contributed by atoms with E-state index in [4.69, 9.17) is 10.5 Å². The topological polar surface area (TPSA) is 35.2 Å². The average molecular weight is 285 g/mol. The van der Waals surface area contributed by atoms with Crippen molar-refractivity contribution in [2.45, 2.75) is 24.7 Å². The maximum atomic E-state index is 6.02. The fourth-order valence-corrected chi connectivity index (χ4v) is 3.79. The van der Waals surface area contributed by atoms with E-state index in [9.17, 15) is 0 Å². The zero-order chi connectivity index (χ0) is 14.1. The molecule has 1 aliphatic rings. The van der Waals surface area contributed by atoms with E-state index in [1.54, 1.807) is 0 Å². The molecule has 1 aliphatic heterocycles. The second-order valence-electron chi connectivity index (χ2n) is 5.33. The Morgan fingerprint density at radius 1 is 1.20 bits per heavy atom. The minimum atomic E-state index is 0.470. The molecule has 0 spiro atoms. The van der Waals surface area contributed by atoms with Gasteiger partial charge in [-0.1, -0.05) is 24.3 Å². The minimum Gasteiger partial charge on any atom is -0.493 e. The summed E-state index contributed by atoms with van der Waals surface area (Å²) >= 11 is 1.92. The Bertz CT molecular complexity index is 639. The molecule has 2 N–H and O–H groups in total. The Morgan fingerprint density at radius 3 is 2.85 bits per heavy atom. The number of benzene rings is 2. The van der Waals surface area contributed by atoms with Gasteiger partial charge in [-0.05, 0) is 36.6 Å². The van der Waals surface area contributed by atoms with Gasteiger partial charge in [-0.15, -0.1) is 11.8 Å². The number of fused-ring (bicyclic) bond motifs is 1. The number of thioether (sulfide) groups is 1. The first kappa shape index (κ1) is 13.4. The fourth-order valence-electron chi connectivity index (χ4n) is 2.56. The van der Waals surface area contributed by atoms with Crippen LogP contribution in [0.5, 0.6) is 5.75 Å². The van der Waals surface area contributed by atoms with Crippen molar-refractivity contribution >= 4 is 17.4 Å². The van der Waals surface area contributed by atoms with Crippen LogP contribution in [-0.2, 0) is 0 Å². The molecule has 3 rings (SSSR count). The highest BCUT2D eigenvalue weighted by Crippen LogP contribution is 2.39. The Morgan fingerprint density at radius 2 is 2.00 bits per heavy atom. The van der Waals surface area contributed by atoms with Gasteiger partial charge in [-0.3, -0.25) is 0 Å². The van der Waals surface area contributed by atoms with E-state index in [2.05, 4.69) is 37.3 Å². The van der Waals surface area contributed by atoms with Crippen LogP contribution in [0.2, 0.25) is 0 Å². The molecular formula is C17H19NOS. The number of aryl methyl sites for hydroxylation is 2. The lowest BCUT2D eigenvalue weighted by atomic mass is 10.0. The quantitative estimate of drug-likeness (QED) is 0.860. The maximum Gasteiger partial charge on any atom is 0.124 e. The molecule has 3 heteroatoms. The van der Waals surface area contributed by atoms with Crippen LogP contribution in [0, 0.1) is 13.8 Å². The normalized spacial score (nSPS) is 17.0. The first-order chi connectivity index (χ1) is 9.65. The van der Waals surface area contributed by atoms with Gasteiger partial charge in [0.15, 0.2) is 0 Å². The van der Waals surface area contributed by atoms with E-state index < -0.39 is 0 Å². The molecule has 0 saturated heterocycles. The van der Waals surface area contributed by atoms with Crippen LogP contribution < -0.4 is 10.5 Å². The van der Waals surface area contributed by atoms with Crippen molar-refractivity contribution in [2.24, 2.45) is 0 Å². The first-order valence-electron chi connectivity index (χ1n) is 6.86. The van der Waals surface area contributed by atoms with Gasteiger partial charge in [0, 0.05) is 28.3 Å². The third kappa shape index (κ3) is 2.50. The summed E-state index contributed by atoms with van der Waals surface area (Å²) in [6.07, 6.45) is 0. The summed E-state index contributed by atoms with van der Waals surface area (Å²) in [5.41, 5.74) is 10.4. The second-order valence-corrected chi connectivity index (χ2v) is 6.39. The van der Waals surface area contributed by atoms with E-state index in [1.807, 2.05) is 24.8 Å². The van der Waals surface area contributed by atoms with Crippen molar-refractivity contribution in [1.82, 2.24) is 0 Å². The van der Waals surface area contributed by atoms with Gasteiger partial charge in [0.1, 0.15) is 5.75 Å². The standard InChI is InChI=1S/C17H19NOS/c1-11-7-12(2)16(8-15(11)18)19-9-13-10-20-17-6-4-3-5-14(13)17/h3-8,13H,9-10,18H2,1-2H3. The molecule has 0 radical (unpaired) electrons. The molecule has 0 aromatic heterocycles. The Labute approximate surface area is 124 Å². The predicted octanol–water partition coefficient (Wildman–Crippen LogP) is 4.15. The van der Waals surface area contributed by atoms with Gasteiger partial charge >= 0.3 is 0 Å². The van der Waals surface area contributed by atoms with E-state index in [0.717, 1.165) is 28.3 Å². The van der Waals surface area contributed by atoms with E-state index in [1.165, 1.54) is 10.5 Å². The molecule has 0 fully saturated rings. The number of nitrogen functional groups attached to an aromatic ring is 1.